The van der Waals surface area contributed by atoms with Crippen LogP contribution < -0.4 is 5.32 Å². The van der Waals surface area contributed by atoms with Crippen molar-refractivity contribution < 1.29 is 13.2 Å². The Bertz CT molecular complexity index is 1240. The molecular formula is C21H25N5O3S. The summed E-state index contributed by atoms with van der Waals surface area (Å²) in [5.74, 6) is 0.125. The van der Waals surface area contributed by atoms with E-state index in [9.17, 15) is 13.2 Å². The van der Waals surface area contributed by atoms with Gasteiger partial charge in [-0.25, -0.2) is 17.7 Å². The highest BCUT2D eigenvalue weighted by atomic mass is 32.2. The first-order valence-electron chi connectivity index (χ1n) is 9.83. The number of aromatic nitrogens is 3. The molecule has 1 saturated carbocycles. The molecule has 0 spiro atoms. The molecule has 2 heterocycles. The van der Waals surface area contributed by atoms with E-state index in [-0.39, 0.29) is 17.3 Å². The molecule has 1 amide bonds. The Morgan fingerprint density at radius 1 is 1.27 bits per heavy atom. The first kappa shape index (κ1) is 20.5. The normalized spacial score (nSPS) is 14.4. The highest BCUT2D eigenvalue weighted by molar-refractivity contribution is 7.89. The minimum Gasteiger partial charge on any atom is -0.348 e. The van der Waals surface area contributed by atoms with Crippen molar-refractivity contribution >= 4 is 27.0 Å². The number of rotatable bonds is 6. The molecule has 1 N–H and O–H groups in total. The van der Waals surface area contributed by atoms with Crippen molar-refractivity contribution in [3.05, 3.63) is 52.8 Å². The Morgan fingerprint density at radius 3 is 2.63 bits per heavy atom. The van der Waals surface area contributed by atoms with Gasteiger partial charge < -0.3 is 5.32 Å². The van der Waals surface area contributed by atoms with Crippen molar-refractivity contribution in [1.29, 1.82) is 0 Å². The first-order valence-corrected chi connectivity index (χ1v) is 11.3. The number of aryl methyl sites for hydroxylation is 2. The van der Waals surface area contributed by atoms with E-state index in [1.54, 1.807) is 28.9 Å². The van der Waals surface area contributed by atoms with Gasteiger partial charge in [0, 0.05) is 39.3 Å². The second-order valence-corrected chi connectivity index (χ2v) is 9.97. The van der Waals surface area contributed by atoms with E-state index in [0.29, 0.717) is 22.7 Å². The SMILES string of the molecule is Cc1nn(C)c2nc(C3CC3)cc(C(=O)NCc3ccccc3S(=O)(=O)N(C)C)c12. The van der Waals surface area contributed by atoms with E-state index in [2.05, 4.69) is 10.4 Å². The number of carbonyl (C=O) groups is 1. The zero-order chi connectivity index (χ0) is 21.6. The van der Waals surface area contributed by atoms with Crippen LogP contribution in [0.2, 0.25) is 0 Å². The van der Waals surface area contributed by atoms with Crippen LogP contribution in [0.5, 0.6) is 0 Å². The van der Waals surface area contributed by atoms with Gasteiger partial charge in [0.2, 0.25) is 10.0 Å². The van der Waals surface area contributed by atoms with Crippen LogP contribution >= 0.6 is 0 Å². The number of nitrogens with one attached hydrogen (secondary N) is 1. The van der Waals surface area contributed by atoms with E-state index in [1.807, 2.05) is 20.0 Å². The van der Waals surface area contributed by atoms with Crippen LogP contribution in [0.15, 0.2) is 35.2 Å². The van der Waals surface area contributed by atoms with Crippen molar-refractivity contribution in [3.63, 3.8) is 0 Å². The third-order valence-electron chi connectivity index (χ3n) is 5.40. The third-order valence-corrected chi connectivity index (χ3v) is 7.31. The van der Waals surface area contributed by atoms with Crippen LogP contribution in [-0.2, 0) is 23.6 Å². The molecule has 0 radical (unpaired) electrons. The number of pyridine rings is 1. The standard InChI is InChI=1S/C21H25N5O3S/c1-13-19-16(11-17(14-9-10-14)23-20(19)26(4)24-13)21(27)22-12-15-7-5-6-8-18(15)30(28,29)25(2)3/h5-8,11,14H,9-10,12H2,1-4H3,(H,22,27). The maximum atomic E-state index is 13.1. The number of hydrogen-bond acceptors (Lipinski definition) is 5. The van der Waals surface area contributed by atoms with Gasteiger partial charge in [-0.3, -0.25) is 9.48 Å². The Kier molecular flexibility index (Phi) is 5.11. The quantitative estimate of drug-likeness (QED) is 0.651. The summed E-state index contributed by atoms with van der Waals surface area (Å²) in [5, 5.41) is 8.05. The molecule has 30 heavy (non-hydrogen) atoms. The van der Waals surface area contributed by atoms with E-state index in [0.717, 1.165) is 29.6 Å². The molecule has 1 fully saturated rings. The number of carbonyl (C=O) groups excluding carboxylic acids is 1. The summed E-state index contributed by atoms with van der Waals surface area (Å²) >= 11 is 0. The van der Waals surface area contributed by atoms with Gasteiger partial charge in [-0.05, 0) is 37.5 Å². The van der Waals surface area contributed by atoms with Gasteiger partial charge in [0.25, 0.3) is 5.91 Å². The molecule has 4 rings (SSSR count). The number of benzene rings is 1. The second-order valence-electron chi connectivity index (χ2n) is 7.85. The summed E-state index contributed by atoms with van der Waals surface area (Å²) in [6.07, 6.45) is 2.15. The number of hydrogen-bond donors (Lipinski definition) is 1. The smallest absolute Gasteiger partial charge is 0.252 e. The molecule has 8 nitrogen and oxygen atoms in total. The van der Waals surface area contributed by atoms with Crippen molar-refractivity contribution in [2.75, 3.05) is 14.1 Å². The van der Waals surface area contributed by atoms with Gasteiger partial charge >= 0.3 is 0 Å². The van der Waals surface area contributed by atoms with Gasteiger partial charge in [-0.15, -0.1) is 0 Å². The Morgan fingerprint density at radius 2 is 1.97 bits per heavy atom. The molecule has 0 saturated heterocycles. The van der Waals surface area contributed by atoms with Crippen LogP contribution in [0.4, 0.5) is 0 Å². The fourth-order valence-electron chi connectivity index (χ4n) is 3.60. The fourth-order valence-corrected chi connectivity index (χ4v) is 4.72. The predicted octanol–water partition coefficient (Wildman–Crippen LogP) is 2.33. The lowest BCUT2D eigenvalue weighted by molar-refractivity contribution is 0.0952. The Balaban J connectivity index is 1.67. The zero-order valence-corrected chi connectivity index (χ0v) is 18.3. The van der Waals surface area contributed by atoms with E-state index in [4.69, 9.17) is 4.98 Å². The van der Waals surface area contributed by atoms with Gasteiger partial charge in [0.05, 0.1) is 21.5 Å². The molecule has 158 valence electrons. The van der Waals surface area contributed by atoms with Crippen LogP contribution in [0.3, 0.4) is 0 Å². The van der Waals surface area contributed by atoms with Gasteiger partial charge in [0.15, 0.2) is 5.65 Å². The van der Waals surface area contributed by atoms with Crippen LogP contribution in [-0.4, -0.2) is 47.5 Å². The lowest BCUT2D eigenvalue weighted by atomic mass is 10.1. The average molecular weight is 428 g/mol. The number of fused-ring (bicyclic) bond motifs is 1. The first-order chi connectivity index (χ1) is 14.2. The van der Waals surface area contributed by atoms with Crippen LogP contribution in [0.25, 0.3) is 11.0 Å². The molecule has 0 bridgehead atoms. The molecular weight excluding hydrogens is 402 g/mol. The molecule has 0 unspecified atom stereocenters. The lowest BCUT2D eigenvalue weighted by Gasteiger charge is -2.15. The van der Waals surface area contributed by atoms with Crippen LogP contribution in [0, 0.1) is 6.92 Å². The number of sulfonamides is 1. The molecule has 3 aromatic rings. The molecule has 2 aromatic heterocycles. The minimum absolute atomic E-state index is 0.101. The lowest BCUT2D eigenvalue weighted by Crippen LogP contribution is -2.27. The van der Waals surface area contributed by atoms with E-state index >= 15 is 0 Å². The fraction of sp³-hybridized carbons (Fsp3) is 0.381. The maximum absolute atomic E-state index is 13.1. The molecule has 1 aliphatic rings. The average Bonchev–Trinajstić information content (AvgIpc) is 3.52. The summed E-state index contributed by atoms with van der Waals surface area (Å²) in [7, 11) is 1.19. The zero-order valence-electron chi connectivity index (χ0n) is 17.5. The van der Waals surface area contributed by atoms with Crippen molar-refractivity contribution in [1.82, 2.24) is 24.4 Å². The summed E-state index contributed by atoms with van der Waals surface area (Å²) in [5.41, 5.74) is 3.41. The molecule has 1 aliphatic carbocycles. The Labute approximate surface area is 176 Å². The van der Waals surface area contributed by atoms with Gasteiger partial charge in [-0.1, -0.05) is 18.2 Å². The second kappa shape index (κ2) is 7.48. The topological polar surface area (TPSA) is 97.2 Å². The number of amides is 1. The van der Waals surface area contributed by atoms with Crippen molar-refractivity contribution in [3.8, 4) is 0 Å². The van der Waals surface area contributed by atoms with Crippen LogP contribution in [0.1, 0.15) is 46.1 Å². The summed E-state index contributed by atoms with van der Waals surface area (Å²) in [6, 6.07) is 8.56. The molecule has 0 aliphatic heterocycles. The van der Waals surface area contributed by atoms with Crippen molar-refractivity contribution in [2.24, 2.45) is 7.05 Å². The molecule has 1 aromatic carbocycles. The minimum atomic E-state index is -3.61. The van der Waals surface area contributed by atoms with E-state index < -0.39 is 10.0 Å². The monoisotopic (exact) mass is 427 g/mol. The van der Waals surface area contributed by atoms with Gasteiger partial charge in [0.1, 0.15) is 0 Å². The summed E-state index contributed by atoms with van der Waals surface area (Å²) in [6.45, 7) is 1.96. The highest BCUT2D eigenvalue weighted by Crippen LogP contribution is 2.40. The summed E-state index contributed by atoms with van der Waals surface area (Å²) < 4.78 is 28.1. The molecule has 0 atom stereocenters. The van der Waals surface area contributed by atoms with Crippen molar-refractivity contribution in [2.45, 2.75) is 37.1 Å². The van der Waals surface area contributed by atoms with E-state index in [1.165, 1.54) is 18.4 Å². The summed E-state index contributed by atoms with van der Waals surface area (Å²) in [4.78, 5) is 18.1. The Hall–Kier alpha value is -2.78. The predicted molar refractivity (Wildman–Crippen MR) is 114 cm³/mol. The molecule has 9 heteroatoms. The highest BCUT2D eigenvalue weighted by Gasteiger charge is 2.28. The third kappa shape index (κ3) is 3.59. The maximum Gasteiger partial charge on any atom is 0.252 e. The largest absolute Gasteiger partial charge is 0.348 e. The number of nitrogens with zero attached hydrogens (tertiary/aromatic N) is 4. The van der Waals surface area contributed by atoms with Gasteiger partial charge in [-0.2, -0.15) is 5.10 Å².